The number of hydrogen-bond donors (Lipinski definition) is 2. The lowest BCUT2D eigenvalue weighted by atomic mass is 10.0. The van der Waals surface area contributed by atoms with Crippen LogP contribution in [0.25, 0.3) is 0 Å². The van der Waals surface area contributed by atoms with E-state index in [1.807, 2.05) is 61.5 Å². The van der Waals surface area contributed by atoms with Crippen LogP contribution in [0.5, 0.6) is 5.75 Å². The number of likely N-dealkylation sites (tertiary alicyclic amines) is 1. The highest BCUT2D eigenvalue weighted by Gasteiger charge is 2.36. The minimum Gasteiger partial charge on any atom is -0.494 e. The van der Waals surface area contributed by atoms with Crippen LogP contribution in [0.15, 0.2) is 54.6 Å². The lowest BCUT2D eigenvalue weighted by molar-refractivity contribution is -0.127. The lowest BCUT2D eigenvalue weighted by Gasteiger charge is -2.32. The van der Waals surface area contributed by atoms with Crippen LogP contribution >= 0.6 is 0 Å². The molecule has 2 aliphatic rings. The van der Waals surface area contributed by atoms with Gasteiger partial charge in [-0.05, 0) is 56.2 Å². The minimum atomic E-state index is -0.353. The van der Waals surface area contributed by atoms with Gasteiger partial charge in [-0.2, -0.15) is 0 Å². The highest BCUT2D eigenvalue weighted by Crippen LogP contribution is 2.27. The van der Waals surface area contributed by atoms with Gasteiger partial charge in [0, 0.05) is 43.5 Å². The Morgan fingerprint density at radius 3 is 2.41 bits per heavy atom. The Hall–Kier alpha value is -3.39. The number of hydrogen-bond acceptors (Lipinski definition) is 5. The minimum absolute atomic E-state index is 0.0347. The smallest absolute Gasteiger partial charge is 0.238 e. The first-order chi connectivity index (χ1) is 16.5. The molecule has 0 spiro atoms. The largest absolute Gasteiger partial charge is 0.494 e. The molecule has 34 heavy (non-hydrogen) atoms. The van der Waals surface area contributed by atoms with Crippen molar-refractivity contribution in [2.45, 2.75) is 32.2 Å². The molecule has 2 N–H and O–H groups in total. The van der Waals surface area contributed by atoms with Crippen LogP contribution < -0.4 is 20.3 Å². The van der Waals surface area contributed by atoms with Crippen molar-refractivity contribution in [2.24, 2.45) is 5.92 Å². The summed E-state index contributed by atoms with van der Waals surface area (Å²) in [6.45, 7) is 4.72. The van der Waals surface area contributed by atoms with Crippen LogP contribution in [0.4, 0.5) is 11.4 Å². The predicted octanol–water partition coefficient (Wildman–Crippen LogP) is 2.66. The fourth-order valence-electron chi connectivity index (χ4n) is 4.50. The molecule has 0 aliphatic carbocycles. The van der Waals surface area contributed by atoms with E-state index in [1.54, 1.807) is 4.90 Å². The van der Waals surface area contributed by atoms with E-state index in [9.17, 15) is 14.4 Å². The zero-order chi connectivity index (χ0) is 23.9. The summed E-state index contributed by atoms with van der Waals surface area (Å²) in [6.07, 6.45) is 1.79. The molecule has 2 aromatic rings. The quantitative estimate of drug-likeness (QED) is 0.627. The van der Waals surface area contributed by atoms with Gasteiger partial charge in [-0.1, -0.05) is 18.2 Å². The zero-order valence-corrected chi connectivity index (χ0v) is 19.5. The molecule has 4 rings (SSSR count). The molecule has 0 radical (unpaired) electrons. The summed E-state index contributed by atoms with van der Waals surface area (Å²) in [7, 11) is 0. The number of amides is 3. The number of benzene rings is 2. The molecule has 2 heterocycles. The summed E-state index contributed by atoms with van der Waals surface area (Å²) < 4.78 is 5.46. The molecule has 180 valence electrons. The Balaban J connectivity index is 1.21. The van der Waals surface area contributed by atoms with E-state index in [4.69, 9.17) is 4.74 Å². The normalized spacial score (nSPS) is 19.1. The van der Waals surface area contributed by atoms with E-state index in [-0.39, 0.29) is 36.1 Å². The van der Waals surface area contributed by atoms with E-state index in [0.29, 0.717) is 19.7 Å². The van der Waals surface area contributed by atoms with Gasteiger partial charge in [-0.25, -0.2) is 0 Å². The Morgan fingerprint density at radius 2 is 1.74 bits per heavy atom. The second-order valence-corrected chi connectivity index (χ2v) is 8.81. The second-order valence-electron chi connectivity index (χ2n) is 8.81. The monoisotopic (exact) mass is 464 g/mol. The van der Waals surface area contributed by atoms with E-state index in [0.717, 1.165) is 43.1 Å². The van der Waals surface area contributed by atoms with Crippen LogP contribution in [-0.4, -0.2) is 61.4 Å². The molecule has 0 aromatic heterocycles. The summed E-state index contributed by atoms with van der Waals surface area (Å²) in [5.41, 5.74) is 1.57. The summed E-state index contributed by atoms with van der Waals surface area (Å²) in [5, 5.41) is 6.03. The van der Waals surface area contributed by atoms with Crippen LogP contribution in [0, 0.1) is 5.92 Å². The number of ether oxygens (including phenoxy) is 1. The molecule has 8 heteroatoms. The standard InChI is InChI=1S/C26H32N4O4/c1-2-34-23-10-8-22(9-11-23)30-17-19(16-25(30)32)26(33)28-21-12-14-29(15-13-21)18-24(31)27-20-6-4-3-5-7-20/h3-11,19,21H,2,12-18H2,1H3,(H,27,31)(H,28,33)/t19-/m1/s1. The second kappa shape index (κ2) is 11.2. The Labute approximate surface area is 200 Å². The molecule has 2 aromatic carbocycles. The lowest BCUT2D eigenvalue weighted by Crippen LogP contribution is -2.48. The fraction of sp³-hybridized carbons (Fsp3) is 0.423. The Morgan fingerprint density at radius 1 is 1.03 bits per heavy atom. The van der Waals surface area contributed by atoms with Gasteiger partial charge in [0.2, 0.25) is 17.7 Å². The number of rotatable bonds is 8. The maximum atomic E-state index is 12.9. The first kappa shape index (κ1) is 23.8. The maximum Gasteiger partial charge on any atom is 0.238 e. The van der Waals surface area contributed by atoms with Gasteiger partial charge in [0.1, 0.15) is 5.75 Å². The van der Waals surface area contributed by atoms with Crippen LogP contribution in [0.1, 0.15) is 26.2 Å². The van der Waals surface area contributed by atoms with Crippen molar-refractivity contribution >= 4 is 29.1 Å². The van der Waals surface area contributed by atoms with Crippen molar-refractivity contribution < 1.29 is 19.1 Å². The number of para-hydroxylation sites is 1. The maximum absolute atomic E-state index is 12.9. The van der Waals surface area contributed by atoms with Crippen molar-refractivity contribution in [2.75, 3.05) is 43.0 Å². The van der Waals surface area contributed by atoms with Crippen molar-refractivity contribution in [1.82, 2.24) is 10.2 Å². The molecule has 8 nitrogen and oxygen atoms in total. The molecule has 2 aliphatic heterocycles. The van der Waals surface area contributed by atoms with Crippen molar-refractivity contribution in [3.63, 3.8) is 0 Å². The predicted molar refractivity (Wildman–Crippen MR) is 131 cm³/mol. The van der Waals surface area contributed by atoms with Gasteiger partial charge < -0.3 is 20.3 Å². The fourth-order valence-corrected chi connectivity index (χ4v) is 4.50. The van der Waals surface area contributed by atoms with Gasteiger partial charge >= 0.3 is 0 Å². The number of piperidine rings is 1. The molecular formula is C26H32N4O4. The molecule has 0 saturated carbocycles. The van der Waals surface area contributed by atoms with Gasteiger partial charge in [0.15, 0.2) is 0 Å². The van der Waals surface area contributed by atoms with E-state index in [1.165, 1.54) is 0 Å². The third-order valence-corrected chi connectivity index (χ3v) is 6.31. The van der Waals surface area contributed by atoms with Crippen LogP contribution in [-0.2, 0) is 14.4 Å². The van der Waals surface area contributed by atoms with Gasteiger partial charge in [0.05, 0.1) is 19.1 Å². The summed E-state index contributed by atoms with van der Waals surface area (Å²) in [4.78, 5) is 41.4. The molecule has 1 atom stereocenters. The molecule has 0 unspecified atom stereocenters. The molecular weight excluding hydrogens is 432 g/mol. The molecule has 2 saturated heterocycles. The van der Waals surface area contributed by atoms with Gasteiger partial charge in [-0.3, -0.25) is 19.3 Å². The van der Waals surface area contributed by atoms with Crippen molar-refractivity contribution in [3.05, 3.63) is 54.6 Å². The van der Waals surface area contributed by atoms with Crippen molar-refractivity contribution in [3.8, 4) is 5.75 Å². The number of carbonyl (C=O) groups excluding carboxylic acids is 3. The summed E-state index contributed by atoms with van der Waals surface area (Å²) in [6, 6.07) is 16.9. The Kier molecular flexibility index (Phi) is 7.80. The average molecular weight is 465 g/mol. The number of nitrogens with zero attached hydrogens (tertiary/aromatic N) is 2. The highest BCUT2D eigenvalue weighted by molar-refractivity contribution is 6.00. The van der Waals surface area contributed by atoms with Gasteiger partial charge in [0.25, 0.3) is 0 Å². The SMILES string of the molecule is CCOc1ccc(N2C[C@H](C(=O)NC3CCN(CC(=O)Nc4ccccc4)CC3)CC2=O)cc1. The third-order valence-electron chi connectivity index (χ3n) is 6.31. The topological polar surface area (TPSA) is 91.0 Å². The molecule has 2 fully saturated rings. The zero-order valence-electron chi connectivity index (χ0n) is 19.5. The van der Waals surface area contributed by atoms with Crippen LogP contribution in [0.3, 0.4) is 0 Å². The van der Waals surface area contributed by atoms with Crippen molar-refractivity contribution in [1.29, 1.82) is 0 Å². The highest BCUT2D eigenvalue weighted by atomic mass is 16.5. The van der Waals surface area contributed by atoms with E-state index >= 15 is 0 Å². The number of anilines is 2. The number of nitrogens with one attached hydrogen (secondary N) is 2. The van der Waals surface area contributed by atoms with E-state index < -0.39 is 0 Å². The first-order valence-electron chi connectivity index (χ1n) is 11.9. The third kappa shape index (κ3) is 6.14. The van der Waals surface area contributed by atoms with E-state index in [2.05, 4.69) is 15.5 Å². The van der Waals surface area contributed by atoms with Crippen LogP contribution in [0.2, 0.25) is 0 Å². The summed E-state index contributed by atoms with van der Waals surface area (Å²) in [5.74, 6) is 0.267. The first-order valence-corrected chi connectivity index (χ1v) is 11.9. The summed E-state index contributed by atoms with van der Waals surface area (Å²) >= 11 is 0. The number of carbonyl (C=O) groups is 3. The molecule has 0 bridgehead atoms. The molecule has 3 amide bonds. The van der Waals surface area contributed by atoms with Gasteiger partial charge in [-0.15, -0.1) is 0 Å². The Bertz CT molecular complexity index is 988. The average Bonchev–Trinajstić information content (AvgIpc) is 3.23.